The number of nitrogens with zero attached hydrogens (tertiary/aromatic N) is 1. The quantitative estimate of drug-likeness (QED) is 0.442. The summed E-state index contributed by atoms with van der Waals surface area (Å²) in [6.07, 6.45) is -2.93. The zero-order chi connectivity index (χ0) is 10.9. The van der Waals surface area contributed by atoms with E-state index in [2.05, 4.69) is 4.98 Å². The number of halogens is 5. The Morgan fingerprint density at radius 3 is 2.43 bits per heavy atom. The number of carbonyl (C=O) groups excluding carboxylic acids is 1. The molecule has 0 saturated carbocycles. The van der Waals surface area contributed by atoms with Crippen LogP contribution in [0.2, 0.25) is 0 Å². The van der Waals surface area contributed by atoms with Gasteiger partial charge in [-0.3, -0.25) is 4.79 Å². The van der Waals surface area contributed by atoms with E-state index >= 15 is 0 Å². The summed E-state index contributed by atoms with van der Waals surface area (Å²) in [5, 5.41) is -1.31. The van der Waals surface area contributed by atoms with Crippen LogP contribution in [-0.2, 0) is 0 Å². The molecule has 0 fully saturated rings. The van der Waals surface area contributed by atoms with Crippen LogP contribution in [0.25, 0.3) is 0 Å². The van der Waals surface area contributed by atoms with Gasteiger partial charge in [0.15, 0.2) is 0 Å². The summed E-state index contributed by atoms with van der Waals surface area (Å²) in [6, 6.07) is 0. The molecule has 2 nitrogen and oxygen atoms in total. The molecule has 0 bridgehead atoms. The second kappa shape index (κ2) is 3.91. The molecule has 0 unspecified atom stereocenters. The van der Waals surface area contributed by atoms with Crippen LogP contribution in [0.5, 0.6) is 0 Å². The molecule has 14 heavy (non-hydrogen) atoms. The van der Waals surface area contributed by atoms with Crippen LogP contribution in [0, 0.1) is 11.8 Å². The van der Waals surface area contributed by atoms with Gasteiger partial charge in [-0.25, -0.2) is 18.2 Å². The first-order valence-corrected chi connectivity index (χ1v) is 3.64. The number of pyridine rings is 1. The average Bonchev–Trinajstić information content (AvgIpc) is 2.02. The van der Waals surface area contributed by atoms with Crippen molar-refractivity contribution in [2.75, 3.05) is 0 Å². The molecule has 0 atom stereocenters. The molecule has 0 aliphatic rings. The number of carbonyl (C=O) groups is 1. The number of aromatic nitrogens is 1. The summed E-state index contributed by atoms with van der Waals surface area (Å²) < 4.78 is 49.6. The third kappa shape index (κ3) is 1.84. The minimum atomic E-state index is -3.39. The van der Waals surface area contributed by atoms with Gasteiger partial charge in [-0.1, -0.05) is 0 Å². The topological polar surface area (TPSA) is 30.0 Å². The van der Waals surface area contributed by atoms with Crippen LogP contribution in [0.15, 0.2) is 6.20 Å². The van der Waals surface area contributed by atoms with E-state index in [1.165, 1.54) is 0 Å². The highest BCUT2D eigenvalue weighted by molar-refractivity contribution is 6.67. The second-order valence-corrected chi connectivity index (χ2v) is 2.61. The summed E-state index contributed by atoms with van der Waals surface area (Å²) in [6.45, 7) is 0. The molecule has 1 aromatic heterocycles. The smallest absolute Gasteiger partial charge is 0.271 e. The lowest BCUT2D eigenvalue weighted by atomic mass is 10.2. The Balaban J connectivity index is 3.41. The summed E-state index contributed by atoms with van der Waals surface area (Å²) in [4.78, 5) is 13.3. The van der Waals surface area contributed by atoms with Gasteiger partial charge < -0.3 is 0 Å². The largest absolute Gasteiger partial charge is 0.275 e. The molecule has 0 aromatic carbocycles. The van der Waals surface area contributed by atoms with Gasteiger partial charge in [0, 0.05) is 6.20 Å². The minimum absolute atomic E-state index is 0.464. The highest BCUT2D eigenvalue weighted by Gasteiger charge is 2.24. The first-order chi connectivity index (χ1) is 6.45. The summed E-state index contributed by atoms with van der Waals surface area (Å²) in [5.74, 6) is -3.33. The summed E-state index contributed by atoms with van der Waals surface area (Å²) in [5.41, 5.74) is -2.42. The standard InChI is InChI=1S/C7H2ClF4NO/c8-5(14)2-1-13-7(12)3(4(2)9)6(10)11/h1,6H. The number of hydrogen-bond acceptors (Lipinski definition) is 2. The van der Waals surface area contributed by atoms with Crippen molar-refractivity contribution in [1.29, 1.82) is 0 Å². The molecule has 0 amide bonds. The fraction of sp³-hybridized carbons (Fsp3) is 0.143. The van der Waals surface area contributed by atoms with E-state index in [1.807, 2.05) is 0 Å². The predicted octanol–water partition coefficient (Wildman–Crippen LogP) is 2.68. The van der Waals surface area contributed by atoms with E-state index in [0.29, 0.717) is 6.20 Å². The second-order valence-electron chi connectivity index (χ2n) is 2.26. The van der Waals surface area contributed by atoms with Gasteiger partial charge in [-0.15, -0.1) is 0 Å². The molecule has 1 aromatic rings. The molecule has 0 aliphatic carbocycles. The van der Waals surface area contributed by atoms with Crippen molar-refractivity contribution in [2.45, 2.75) is 6.43 Å². The molecular weight excluding hydrogens is 226 g/mol. The highest BCUT2D eigenvalue weighted by atomic mass is 35.5. The van der Waals surface area contributed by atoms with E-state index < -0.39 is 34.6 Å². The third-order valence-electron chi connectivity index (χ3n) is 1.43. The number of hydrogen-bond donors (Lipinski definition) is 0. The molecule has 1 heterocycles. The molecule has 0 N–H and O–H groups in total. The first kappa shape index (κ1) is 10.9. The number of rotatable bonds is 2. The van der Waals surface area contributed by atoms with Crippen molar-refractivity contribution in [3.63, 3.8) is 0 Å². The Kier molecular flexibility index (Phi) is 3.05. The van der Waals surface area contributed by atoms with Gasteiger partial charge in [-0.05, 0) is 11.6 Å². The van der Waals surface area contributed by atoms with Gasteiger partial charge in [0.05, 0.1) is 5.56 Å². The molecule has 0 saturated heterocycles. The lowest BCUT2D eigenvalue weighted by Gasteiger charge is -2.04. The third-order valence-corrected chi connectivity index (χ3v) is 1.64. The van der Waals surface area contributed by atoms with Gasteiger partial charge in [-0.2, -0.15) is 4.39 Å². The normalized spacial score (nSPS) is 10.7. The maximum Gasteiger partial charge on any atom is 0.271 e. The SMILES string of the molecule is O=C(Cl)c1cnc(F)c(C(F)F)c1F. The van der Waals surface area contributed by atoms with Gasteiger partial charge in [0.1, 0.15) is 11.4 Å². The molecule has 0 spiro atoms. The summed E-state index contributed by atoms with van der Waals surface area (Å²) in [7, 11) is 0. The van der Waals surface area contributed by atoms with Gasteiger partial charge >= 0.3 is 0 Å². The monoisotopic (exact) mass is 227 g/mol. The van der Waals surface area contributed by atoms with E-state index in [1.54, 1.807) is 0 Å². The number of alkyl halides is 2. The van der Waals surface area contributed by atoms with Gasteiger partial charge in [0.2, 0.25) is 5.95 Å². The van der Waals surface area contributed by atoms with Crippen LogP contribution in [0.3, 0.4) is 0 Å². The maximum absolute atomic E-state index is 13.0. The van der Waals surface area contributed by atoms with Crippen LogP contribution in [0.1, 0.15) is 22.3 Å². The fourth-order valence-corrected chi connectivity index (χ4v) is 0.938. The maximum atomic E-state index is 13.0. The first-order valence-electron chi connectivity index (χ1n) is 3.27. The highest BCUT2D eigenvalue weighted by Crippen LogP contribution is 2.26. The van der Waals surface area contributed by atoms with Crippen molar-refractivity contribution in [2.24, 2.45) is 0 Å². The molecule has 0 aliphatic heterocycles. The lowest BCUT2D eigenvalue weighted by molar-refractivity contribution is 0.107. The lowest BCUT2D eigenvalue weighted by Crippen LogP contribution is -2.05. The van der Waals surface area contributed by atoms with Crippen molar-refractivity contribution in [3.05, 3.63) is 29.1 Å². The predicted molar refractivity (Wildman–Crippen MR) is 39.3 cm³/mol. The molecule has 7 heteroatoms. The van der Waals surface area contributed by atoms with E-state index in [0.717, 1.165) is 0 Å². The van der Waals surface area contributed by atoms with E-state index in [4.69, 9.17) is 11.6 Å². The Hall–Kier alpha value is -1.17. The average molecular weight is 228 g/mol. The van der Waals surface area contributed by atoms with Crippen LogP contribution in [-0.4, -0.2) is 10.2 Å². The molecule has 76 valence electrons. The fourth-order valence-electron chi connectivity index (χ4n) is 0.806. The zero-order valence-corrected chi connectivity index (χ0v) is 7.16. The van der Waals surface area contributed by atoms with Gasteiger partial charge in [0.25, 0.3) is 11.7 Å². The van der Waals surface area contributed by atoms with Crippen molar-refractivity contribution < 1.29 is 22.4 Å². The minimum Gasteiger partial charge on any atom is -0.275 e. The Morgan fingerprint density at radius 2 is 2.00 bits per heavy atom. The van der Waals surface area contributed by atoms with Crippen molar-refractivity contribution in [3.8, 4) is 0 Å². The van der Waals surface area contributed by atoms with Crippen molar-refractivity contribution >= 4 is 16.8 Å². The van der Waals surface area contributed by atoms with Crippen LogP contribution >= 0.6 is 11.6 Å². The Morgan fingerprint density at radius 1 is 1.43 bits per heavy atom. The Bertz CT molecular complexity index is 382. The molecule has 0 radical (unpaired) electrons. The van der Waals surface area contributed by atoms with E-state index in [9.17, 15) is 22.4 Å². The van der Waals surface area contributed by atoms with Crippen molar-refractivity contribution in [1.82, 2.24) is 4.98 Å². The zero-order valence-electron chi connectivity index (χ0n) is 6.40. The van der Waals surface area contributed by atoms with Crippen LogP contribution in [0.4, 0.5) is 17.6 Å². The molecule has 1 rings (SSSR count). The molecular formula is C7H2ClF4NO. The van der Waals surface area contributed by atoms with Crippen LogP contribution < -0.4 is 0 Å². The summed E-state index contributed by atoms with van der Waals surface area (Å²) >= 11 is 4.85. The Labute approximate surface area is 80.5 Å². The van der Waals surface area contributed by atoms with E-state index in [-0.39, 0.29) is 0 Å².